The number of piperidine rings is 1. The van der Waals surface area contributed by atoms with E-state index in [0.717, 1.165) is 17.0 Å². The second-order valence-electron chi connectivity index (χ2n) is 8.36. The third-order valence-electron chi connectivity index (χ3n) is 5.63. The van der Waals surface area contributed by atoms with E-state index in [-0.39, 0.29) is 23.9 Å². The van der Waals surface area contributed by atoms with Crippen LogP contribution in [0.5, 0.6) is 0 Å². The molecule has 1 aliphatic heterocycles. The van der Waals surface area contributed by atoms with Crippen molar-refractivity contribution in [2.45, 2.75) is 31.5 Å². The standard InChI is InChI=1S/C21H21F5N8O/c1-12-8-20(22,23)11-34(14(12)9-29-16-5-4-15(30-31-16)21(24,25)26)19(35)17-13(10-33(2)32-17)18-27-6-3-7-28-18/h3-7,10,12,14H,8-9,11H2,1-2H3,(H,29,31)/t12-,14-/m1/s1. The van der Waals surface area contributed by atoms with Crippen molar-refractivity contribution in [3.8, 4) is 11.4 Å². The number of rotatable bonds is 5. The van der Waals surface area contributed by atoms with Gasteiger partial charge < -0.3 is 10.2 Å². The van der Waals surface area contributed by atoms with Crippen molar-refractivity contribution in [2.24, 2.45) is 13.0 Å². The lowest BCUT2D eigenvalue weighted by molar-refractivity contribution is -0.141. The van der Waals surface area contributed by atoms with E-state index >= 15 is 0 Å². The molecule has 0 radical (unpaired) electrons. The van der Waals surface area contributed by atoms with Crippen LogP contribution in [0.15, 0.2) is 36.8 Å². The molecule has 0 aliphatic carbocycles. The van der Waals surface area contributed by atoms with E-state index in [1.165, 1.54) is 23.3 Å². The molecule has 1 fully saturated rings. The summed E-state index contributed by atoms with van der Waals surface area (Å²) in [6.45, 7) is 0.706. The summed E-state index contributed by atoms with van der Waals surface area (Å²) in [4.78, 5) is 22.8. The number of aryl methyl sites for hydroxylation is 1. The number of amides is 1. The van der Waals surface area contributed by atoms with Crippen LogP contribution < -0.4 is 5.32 Å². The predicted molar refractivity (Wildman–Crippen MR) is 113 cm³/mol. The Labute approximate surface area is 196 Å². The highest BCUT2D eigenvalue weighted by Gasteiger charge is 2.47. The van der Waals surface area contributed by atoms with Gasteiger partial charge in [-0.3, -0.25) is 9.48 Å². The minimum atomic E-state index is -4.64. The number of likely N-dealkylation sites (tertiary alicyclic amines) is 1. The summed E-state index contributed by atoms with van der Waals surface area (Å²) in [7, 11) is 1.58. The monoisotopic (exact) mass is 496 g/mol. The number of halogens is 5. The lowest BCUT2D eigenvalue weighted by Crippen LogP contribution is -2.57. The van der Waals surface area contributed by atoms with Crippen molar-refractivity contribution in [2.75, 3.05) is 18.4 Å². The topological polar surface area (TPSA) is 102 Å². The van der Waals surface area contributed by atoms with E-state index < -0.39 is 48.6 Å². The van der Waals surface area contributed by atoms with Gasteiger partial charge in [-0.05, 0) is 24.1 Å². The fourth-order valence-corrected chi connectivity index (χ4v) is 4.05. The second-order valence-corrected chi connectivity index (χ2v) is 8.36. The largest absolute Gasteiger partial charge is 0.435 e. The molecular formula is C21H21F5N8O. The third kappa shape index (κ3) is 5.35. The molecule has 1 saturated heterocycles. The van der Waals surface area contributed by atoms with Crippen molar-refractivity contribution < 1.29 is 26.7 Å². The molecule has 4 rings (SSSR count). The quantitative estimate of drug-likeness (QED) is 0.541. The summed E-state index contributed by atoms with van der Waals surface area (Å²) in [6, 6.07) is 2.72. The van der Waals surface area contributed by atoms with E-state index in [4.69, 9.17) is 0 Å². The van der Waals surface area contributed by atoms with Gasteiger partial charge in [0.25, 0.3) is 11.8 Å². The van der Waals surface area contributed by atoms with Crippen molar-refractivity contribution >= 4 is 11.7 Å². The van der Waals surface area contributed by atoms with Crippen molar-refractivity contribution in [1.82, 2.24) is 34.8 Å². The molecule has 3 aromatic rings. The van der Waals surface area contributed by atoms with Crippen LogP contribution in [0.4, 0.5) is 27.8 Å². The van der Waals surface area contributed by atoms with Gasteiger partial charge in [0.15, 0.2) is 17.2 Å². The molecule has 35 heavy (non-hydrogen) atoms. The Hall–Kier alpha value is -3.71. The molecule has 1 amide bonds. The molecule has 14 heteroatoms. The fraction of sp³-hybridized carbons (Fsp3) is 0.429. The zero-order chi connectivity index (χ0) is 25.4. The van der Waals surface area contributed by atoms with Gasteiger partial charge in [0.05, 0.1) is 18.2 Å². The van der Waals surface area contributed by atoms with Gasteiger partial charge in [0, 0.05) is 38.6 Å². The van der Waals surface area contributed by atoms with Gasteiger partial charge in [-0.2, -0.15) is 18.3 Å². The number of nitrogens with zero attached hydrogens (tertiary/aromatic N) is 7. The average molecular weight is 496 g/mol. The maximum absolute atomic E-state index is 14.5. The van der Waals surface area contributed by atoms with Crippen LogP contribution in [0.25, 0.3) is 11.4 Å². The van der Waals surface area contributed by atoms with E-state index in [2.05, 4.69) is 30.6 Å². The number of hydrogen-bond donors (Lipinski definition) is 1. The van der Waals surface area contributed by atoms with Gasteiger partial charge >= 0.3 is 6.18 Å². The maximum atomic E-state index is 14.5. The Morgan fingerprint density at radius 1 is 1.20 bits per heavy atom. The van der Waals surface area contributed by atoms with E-state index in [9.17, 15) is 26.7 Å². The minimum Gasteiger partial charge on any atom is -0.367 e. The molecule has 2 atom stereocenters. The smallest absolute Gasteiger partial charge is 0.367 e. The van der Waals surface area contributed by atoms with Crippen LogP contribution in [-0.4, -0.2) is 65.8 Å². The molecule has 0 unspecified atom stereocenters. The van der Waals surface area contributed by atoms with Crippen LogP contribution in [0.2, 0.25) is 0 Å². The predicted octanol–water partition coefficient (Wildman–Crippen LogP) is 3.28. The number of carbonyl (C=O) groups is 1. The lowest BCUT2D eigenvalue weighted by Gasteiger charge is -2.43. The fourth-order valence-electron chi connectivity index (χ4n) is 4.05. The summed E-state index contributed by atoms with van der Waals surface area (Å²) >= 11 is 0. The number of anilines is 1. The number of hydrogen-bond acceptors (Lipinski definition) is 7. The zero-order valence-electron chi connectivity index (χ0n) is 18.7. The molecule has 0 aromatic carbocycles. The lowest BCUT2D eigenvalue weighted by atomic mass is 9.88. The first kappa shape index (κ1) is 24.4. The molecule has 9 nitrogen and oxygen atoms in total. The molecule has 1 N–H and O–H groups in total. The van der Waals surface area contributed by atoms with Crippen molar-refractivity contribution in [3.05, 3.63) is 48.2 Å². The van der Waals surface area contributed by atoms with Gasteiger partial charge in [0.1, 0.15) is 5.82 Å². The van der Waals surface area contributed by atoms with Crippen LogP contribution in [-0.2, 0) is 13.2 Å². The summed E-state index contributed by atoms with van der Waals surface area (Å²) < 4.78 is 68.6. The molecular weight excluding hydrogens is 475 g/mol. The Morgan fingerprint density at radius 2 is 1.91 bits per heavy atom. The molecule has 186 valence electrons. The molecule has 3 aromatic heterocycles. The van der Waals surface area contributed by atoms with Crippen LogP contribution in [0.1, 0.15) is 29.5 Å². The Morgan fingerprint density at radius 3 is 2.54 bits per heavy atom. The Kier molecular flexibility index (Phi) is 6.38. The van der Waals surface area contributed by atoms with Crippen LogP contribution in [0, 0.1) is 5.92 Å². The summed E-state index contributed by atoms with van der Waals surface area (Å²) in [5.41, 5.74) is -0.945. The van der Waals surface area contributed by atoms with Crippen molar-refractivity contribution in [1.29, 1.82) is 0 Å². The van der Waals surface area contributed by atoms with Crippen LogP contribution >= 0.6 is 0 Å². The molecule has 4 heterocycles. The normalized spacial score (nSPS) is 20.0. The zero-order valence-corrected chi connectivity index (χ0v) is 18.7. The molecule has 1 aliphatic rings. The first-order chi connectivity index (χ1) is 16.4. The van der Waals surface area contributed by atoms with Gasteiger partial charge in [0.2, 0.25) is 0 Å². The maximum Gasteiger partial charge on any atom is 0.435 e. The Balaban J connectivity index is 1.60. The molecule has 0 bridgehead atoms. The number of alkyl halides is 5. The second kappa shape index (κ2) is 9.15. The summed E-state index contributed by atoms with van der Waals surface area (Å²) in [5.74, 6) is -4.26. The highest BCUT2D eigenvalue weighted by molar-refractivity contribution is 5.98. The highest BCUT2D eigenvalue weighted by atomic mass is 19.4. The van der Waals surface area contributed by atoms with Gasteiger partial charge in [-0.1, -0.05) is 6.92 Å². The first-order valence-corrected chi connectivity index (χ1v) is 10.6. The average Bonchev–Trinajstić information content (AvgIpc) is 3.19. The third-order valence-corrected chi connectivity index (χ3v) is 5.63. The number of carbonyl (C=O) groups excluding carboxylic acids is 1. The van der Waals surface area contributed by atoms with Crippen LogP contribution in [0.3, 0.4) is 0 Å². The minimum absolute atomic E-state index is 0.0196. The number of aromatic nitrogens is 6. The Bertz CT molecular complexity index is 1180. The number of nitrogens with one attached hydrogen (secondary N) is 1. The van der Waals surface area contributed by atoms with E-state index in [1.54, 1.807) is 20.0 Å². The summed E-state index contributed by atoms with van der Waals surface area (Å²) in [6.07, 6.45) is -0.601. The first-order valence-electron chi connectivity index (χ1n) is 10.6. The van der Waals surface area contributed by atoms with Gasteiger partial charge in [-0.15, -0.1) is 10.2 Å². The van der Waals surface area contributed by atoms with E-state index in [0.29, 0.717) is 5.56 Å². The molecule has 0 saturated carbocycles. The SMILES string of the molecule is C[C@@H]1CC(F)(F)CN(C(=O)c2nn(C)cc2-c2ncccn2)[C@@H]1CNc1ccc(C(F)(F)F)nn1. The van der Waals surface area contributed by atoms with Crippen molar-refractivity contribution in [3.63, 3.8) is 0 Å². The van der Waals surface area contributed by atoms with Gasteiger partial charge in [-0.25, -0.2) is 18.7 Å². The molecule has 0 spiro atoms. The summed E-state index contributed by atoms with van der Waals surface area (Å²) in [5, 5.41) is 13.6. The van der Waals surface area contributed by atoms with E-state index in [1.807, 2.05) is 0 Å². The highest BCUT2D eigenvalue weighted by Crippen LogP contribution is 2.36.